The van der Waals surface area contributed by atoms with Crippen molar-refractivity contribution in [3.63, 3.8) is 0 Å². The summed E-state index contributed by atoms with van der Waals surface area (Å²) in [5.41, 5.74) is 1.10. The smallest absolute Gasteiger partial charge is 0.239 e. The Morgan fingerprint density at radius 3 is 2.53 bits per heavy atom. The highest BCUT2D eigenvalue weighted by Crippen LogP contribution is 2.14. The number of halogens is 1. The normalized spacial score (nSPS) is 18.7. The lowest BCUT2D eigenvalue weighted by Crippen LogP contribution is -2.57. The van der Waals surface area contributed by atoms with Crippen molar-refractivity contribution in [2.75, 3.05) is 52.9 Å². The fraction of sp³-hybridized carbons (Fsp3) is 0.667. The van der Waals surface area contributed by atoms with Gasteiger partial charge in [0, 0.05) is 65.1 Å². The number of carbonyl (C=O) groups excluding carboxylic acids is 1. The number of piperazine rings is 1. The van der Waals surface area contributed by atoms with Gasteiger partial charge < -0.3 is 19.9 Å². The number of carbonyl (C=O) groups is 1. The van der Waals surface area contributed by atoms with E-state index < -0.39 is 0 Å². The predicted molar refractivity (Wildman–Crippen MR) is 129 cm³/mol. The summed E-state index contributed by atoms with van der Waals surface area (Å²) in [5, 5.41) is 3.44. The third-order valence-corrected chi connectivity index (χ3v) is 5.69. The third kappa shape index (κ3) is 6.44. The van der Waals surface area contributed by atoms with Gasteiger partial charge in [0.15, 0.2) is 5.96 Å². The summed E-state index contributed by atoms with van der Waals surface area (Å²) >= 11 is 0. The summed E-state index contributed by atoms with van der Waals surface area (Å²) in [4.78, 5) is 27.9. The minimum Gasteiger partial charge on any atom is -0.478 e. The summed E-state index contributed by atoms with van der Waals surface area (Å²) in [7, 11) is 1.81. The molecule has 3 heterocycles. The van der Waals surface area contributed by atoms with Gasteiger partial charge in [-0.25, -0.2) is 4.98 Å². The molecule has 1 N–H and O–H groups in total. The molecule has 0 bridgehead atoms. The Kier molecular flexibility index (Phi) is 10.1. The molecule has 1 unspecified atom stereocenters. The second-order valence-electron chi connectivity index (χ2n) is 7.57. The standard InChI is InChI=1S/C21H34N6O2.HI/c1-4-29-19-15-18(7-8-23-19)16-24-21(22-3)27-13-11-25(12-14-27)17(2)20(28)26-9-5-6-10-26;/h7-8,15,17H,4-6,9-14,16H2,1-3H3,(H,22,24);1H. The number of nitrogens with zero attached hydrogens (tertiary/aromatic N) is 5. The number of hydrogen-bond acceptors (Lipinski definition) is 5. The van der Waals surface area contributed by atoms with Crippen molar-refractivity contribution in [1.82, 2.24) is 25.0 Å². The lowest BCUT2D eigenvalue weighted by molar-refractivity contribution is -0.135. The van der Waals surface area contributed by atoms with Gasteiger partial charge in [-0.3, -0.25) is 14.7 Å². The Bertz CT molecular complexity index is 702. The summed E-state index contributed by atoms with van der Waals surface area (Å²) in [6.07, 6.45) is 4.04. The Hall–Kier alpha value is -1.62. The van der Waals surface area contributed by atoms with Crippen molar-refractivity contribution < 1.29 is 9.53 Å². The van der Waals surface area contributed by atoms with Gasteiger partial charge in [0.05, 0.1) is 12.6 Å². The van der Waals surface area contributed by atoms with Crippen molar-refractivity contribution >= 4 is 35.8 Å². The number of hydrogen-bond donors (Lipinski definition) is 1. The van der Waals surface area contributed by atoms with Crippen LogP contribution in [0.25, 0.3) is 0 Å². The monoisotopic (exact) mass is 530 g/mol. The number of likely N-dealkylation sites (tertiary alicyclic amines) is 1. The zero-order valence-corrected chi connectivity index (χ0v) is 20.7. The van der Waals surface area contributed by atoms with Gasteiger partial charge in [-0.05, 0) is 38.3 Å². The second kappa shape index (κ2) is 12.3. The lowest BCUT2D eigenvalue weighted by atomic mass is 10.2. The molecule has 30 heavy (non-hydrogen) atoms. The first kappa shape index (κ1) is 24.6. The van der Waals surface area contributed by atoms with Crippen LogP contribution in [-0.2, 0) is 11.3 Å². The Balaban J connectivity index is 0.00000320. The number of nitrogens with one attached hydrogen (secondary N) is 1. The molecule has 1 atom stereocenters. The van der Waals surface area contributed by atoms with E-state index in [1.165, 1.54) is 0 Å². The molecular formula is C21H35IN6O2. The van der Waals surface area contributed by atoms with Crippen LogP contribution in [0.2, 0.25) is 0 Å². The summed E-state index contributed by atoms with van der Waals surface area (Å²) in [5.74, 6) is 1.81. The molecular weight excluding hydrogens is 495 g/mol. The molecule has 8 nitrogen and oxygen atoms in total. The van der Waals surface area contributed by atoms with Crippen molar-refractivity contribution in [1.29, 1.82) is 0 Å². The van der Waals surface area contributed by atoms with Gasteiger partial charge in [0.25, 0.3) is 0 Å². The van der Waals surface area contributed by atoms with Crippen LogP contribution in [0.3, 0.4) is 0 Å². The van der Waals surface area contributed by atoms with Crippen LogP contribution in [0.5, 0.6) is 5.88 Å². The van der Waals surface area contributed by atoms with Crippen molar-refractivity contribution in [3.05, 3.63) is 23.9 Å². The number of pyridine rings is 1. The van der Waals surface area contributed by atoms with Crippen molar-refractivity contribution in [2.24, 2.45) is 4.99 Å². The van der Waals surface area contributed by atoms with E-state index in [-0.39, 0.29) is 35.9 Å². The molecule has 3 rings (SSSR count). The number of ether oxygens (including phenoxy) is 1. The molecule has 1 aromatic heterocycles. The maximum Gasteiger partial charge on any atom is 0.239 e. The Morgan fingerprint density at radius 1 is 1.20 bits per heavy atom. The van der Waals surface area contributed by atoms with Gasteiger partial charge in [-0.1, -0.05) is 0 Å². The average Bonchev–Trinajstić information content (AvgIpc) is 3.29. The molecule has 9 heteroatoms. The molecule has 2 aliphatic rings. The Labute approximate surface area is 197 Å². The van der Waals surface area contributed by atoms with Gasteiger partial charge in [0.1, 0.15) is 0 Å². The van der Waals surface area contributed by atoms with E-state index in [9.17, 15) is 4.79 Å². The van der Waals surface area contributed by atoms with E-state index >= 15 is 0 Å². The summed E-state index contributed by atoms with van der Waals surface area (Å²) in [6.45, 7) is 10.6. The number of rotatable bonds is 6. The minimum atomic E-state index is -0.0426. The summed E-state index contributed by atoms with van der Waals surface area (Å²) < 4.78 is 5.47. The minimum absolute atomic E-state index is 0. The maximum absolute atomic E-state index is 12.7. The zero-order valence-electron chi connectivity index (χ0n) is 18.3. The highest BCUT2D eigenvalue weighted by Gasteiger charge is 2.30. The van der Waals surface area contributed by atoms with E-state index in [2.05, 4.69) is 25.1 Å². The largest absolute Gasteiger partial charge is 0.478 e. The van der Waals surface area contributed by atoms with Gasteiger partial charge >= 0.3 is 0 Å². The quantitative estimate of drug-likeness (QED) is 0.344. The second-order valence-corrected chi connectivity index (χ2v) is 7.57. The van der Waals surface area contributed by atoms with Gasteiger partial charge in [-0.2, -0.15) is 0 Å². The maximum atomic E-state index is 12.7. The van der Waals surface area contributed by atoms with Crippen LogP contribution < -0.4 is 10.1 Å². The molecule has 2 saturated heterocycles. The molecule has 0 saturated carbocycles. The van der Waals surface area contributed by atoms with E-state index in [1.54, 1.807) is 6.20 Å². The molecule has 0 spiro atoms. The fourth-order valence-electron chi connectivity index (χ4n) is 3.98. The third-order valence-electron chi connectivity index (χ3n) is 5.69. The van der Waals surface area contributed by atoms with E-state index in [4.69, 9.17) is 4.74 Å². The SMILES string of the molecule is CCOc1cc(CNC(=NC)N2CCN(C(C)C(=O)N3CCCC3)CC2)ccn1.I. The molecule has 1 amide bonds. The number of aliphatic imine (C=N–C) groups is 1. The molecule has 168 valence electrons. The van der Waals surface area contributed by atoms with Crippen LogP contribution in [0.15, 0.2) is 23.3 Å². The first-order valence-corrected chi connectivity index (χ1v) is 10.7. The average molecular weight is 530 g/mol. The molecule has 0 aromatic carbocycles. The van der Waals surface area contributed by atoms with Crippen LogP contribution in [0.1, 0.15) is 32.3 Å². The van der Waals surface area contributed by atoms with Crippen LogP contribution in [0, 0.1) is 0 Å². The van der Waals surface area contributed by atoms with Crippen molar-refractivity contribution in [3.8, 4) is 5.88 Å². The van der Waals surface area contributed by atoms with E-state index in [1.807, 2.05) is 37.9 Å². The van der Waals surface area contributed by atoms with Crippen LogP contribution in [0.4, 0.5) is 0 Å². The van der Waals surface area contributed by atoms with Gasteiger partial charge in [-0.15, -0.1) is 24.0 Å². The number of guanidine groups is 1. The predicted octanol–water partition coefficient (Wildman–Crippen LogP) is 1.80. The fourth-order valence-corrected chi connectivity index (χ4v) is 3.98. The van der Waals surface area contributed by atoms with E-state index in [0.717, 1.165) is 63.6 Å². The number of aromatic nitrogens is 1. The van der Waals surface area contributed by atoms with Crippen LogP contribution >= 0.6 is 24.0 Å². The Morgan fingerprint density at radius 2 is 1.90 bits per heavy atom. The van der Waals surface area contributed by atoms with Crippen LogP contribution in [-0.4, -0.2) is 90.5 Å². The van der Waals surface area contributed by atoms with E-state index in [0.29, 0.717) is 19.0 Å². The van der Waals surface area contributed by atoms with Crippen molar-refractivity contribution in [2.45, 2.75) is 39.3 Å². The molecule has 0 aliphatic carbocycles. The molecule has 2 aliphatic heterocycles. The highest BCUT2D eigenvalue weighted by atomic mass is 127. The molecule has 0 radical (unpaired) electrons. The topological polar surface area (TPSA) is 73.3 Å². The summed E-state index contributed by atoms with van der Waals surface area (Å²) in [6, 6.07) is 3.89. The number of amides is 1. The first-order chi connectivity index (χ1) is 14.1. The van der Waals surface area contributed by atoms with Gasteiger partial charge in [0.2, 0.25) is 11.8 Å². The highest BCUT2D eigenvalue weighted by molar-refractivity contribution is 14.0. The molecule has 1 aromatic rings. The molecule has 2 fully saturated rings. The lowest BCUT2D eigenvalue weighted by Gasteiger charge is -2.39. The first-order valence-electron chi connectivity index (χ1n) is 10.7. The zero-order chi connectivity index (χ0) is 20.6.